The quantitative estimate of drug-likeness (QED) is 0.452. The summed E-state index contributed by atoms with van der Waals surface area (Å²) in [6.07, 6.45) is 0. The maximum atomic E-state index is 2.38. The van der Waals surface area contributed by atoms with Crippen molar-refractivity contribution in [3.63, 3.8) is 0 Å². The normalized spacial score (nSPS) is 48.3. The molecular weight excluding hydrogens is 120 g/mol. The van der Waals surface area contributed by atoms with Crippen molar-refractivity contribution < 1.29 is 0 Å². The van der Waals surface area contributed by atoms with Crippen molar-refractivity contribution in [2.24, 2.45) is 23.7 Å². The topological polar surface area (TPSA) is 0 Å². The second-order valence-corrected chi connectivity index (χ2v) is 4.04. The zero-order chi connectivity index (χ0) is 7.89. The van der Waals surface area contributed by atoms with Gasteiger partial charge in [-0.2, -0.15) is 0 Å². The maximum Gasteiger partial charge on any atom is 0.100 e. The Labute approximate surface area is 65.0 Å². The van der Waals surface area contributed by atoms with E-state index in [4.69, 9.17) is 0 Å². The third kappa shape index (κ3) is 0.941. The number of rotatable bonds is 0. The van der Waals surface area contributed by atoms with Crippen molar-refractivity contribution >= 4 is 0 Å². The van der Waals surface area contributed by atoms with Gasteiger partial charge in [-0.05, 0) is 13.8 Å². The Kier molecular flexibility index (Phi) is 1.98. The highest BCUT2D eigenvalue weighted by atomic mass is 14.4. The van der Waals surface area contributed by atoms with E-state index in [-0.39, 0.29) is 0 Å². The first-order chi connectivity index (χ1) is 4.55. The average Bonchev–Trinajstić information content (AvgIpc) is 2.07. The van der Waals surface area contributed by atoms with E-state index in [1.807, 2.05) is 0 Å². The molecule has 1 rings (SSSR count). The third-order valence-corrected chi connectivity index (χ3v) is 3.84. The van der Waals surface area contributed by atoms with E-state index in [1.165, 1.54) is 0 Å². The molecule has 58 valence electrons. The van der Waals surface area contributed by atoms with Crippen LogP contribution in [0, 0.1) is 29.6 Å². The van der Waals surface area contributed by atoms with Crippen LogP contribution in [0.25, 0.3) is 0 Å². The summed E-state index contributed by atoms with van der Waals surface area (Å²) in [5.41, 5.74) is 0. The highest BCUT2D eigenvalue weighted by molar-refractivity contribution is 5.06. The van der Waals surface area contributed by atoms with Crippen LogP contribution in [0.4, 0.5) is 0 Å². The van der Waals surface area contributed by atoms with E-state index in [1.54, 1.807) is 5.92 Å². The van der Waals surface area contributed by atoms with Crippen LogP contribution >= 0.6 is 0 Å². The van der Waals surface area contributed by atoms with Gasteiger partial charge in [-0.3, -0.25) is 0 Å². The Hall–Kier alpha value is -0.130. The van der Waals surface area contributed by atoms with E-state index in [2.05, 4.69) is 34.6 Å². The van der Waals surface area contributed by atoms with Gasteiger partial charge in [0.15, 0.2) is 0 Å². The van der Waals surface area contributed by atoms with Gasteiger partial charge >= 0.3 is 0 Å². The second-order valence-electron chi connectivity index (χ2n) is 4.04. The molecule has 0 aliphatic heterocycles. The molecule has 4 unspecified atom stereocenters. The van der Waals surface area contributed by atoms with Crippen molar-refractivity contribution in [1.29, 1.82) is 0 Å². The van der Waals surface area contributed by atoms with Crippen LogP contribution in [0.15, 0.2) is 0 Å². The van der Waals surface area contributed by atoms with Crippen molar-refractivity contribution in [3.05, 3.63) is 5.92 Å². The molecule has 1 aliphatic carbocycles. The standard InChI is InChI=1S/C10H19/c1-6-7(2)9(4)10(5)8(6)3/h6-9H,1-5H3/q+1. The molecule has 0 aromatic rings. The fourth-order valence-electron chi connectivity index (χ4n) is 2.15. The van der Waals surface area contributed by atoms with E-state index in [0.717, 1.165) is 23.7 Å². The van der Waals surface area contributed by atoms with E-state index >= 15 is 0 Å². The Bertz CT molecular complexity index is 72.4. The molecule has 4 atom stereocenters. The number of hydrogen-bond donors (Lipinski definition) is 0. The molecule has 0 saturated heterocycles. The first kappa shape index (κ1) is 7.97. The van der Waals surface area contributed by atoms with Gasteiger partial charge < -0.3 is 0 Å². The molecule has 0 aromatic heterocycles. The third-order valence-electron chi connectivity index (χ3n) is 3.84. The summed E-state index contributed by atoms with van der Waals surface area (Å²) in [4.78, 5) is 0. The Morgan fingerprint density at radius 3 is 1.20 bits per heavy atom. The second kappa shape index (κ2) is 2.48. The molecule has 0 aromatic carbocycles. The van der Waals surface area contributed by atoms with Crippen molar-refractivity contribution in [2.45, 2.75) is 34.6 Å². The lowest BCUT2D eigenvalue weighted by molar-refractivity contribution is 0.352. The molecule has 1 fully saturated rings. The van der Waals surface area contributed by atoms with Crippen LogP contribution in [0.3, 0.4) is 0 Å². The Morgan fingerprint density at radius 1 is 0.800 bits per heavy atom. The number of hydrogen-bond acceptors (Lipinski definition) is 0. The predicted octanol–water partition coefficient (Wildman–Crippen LogP) is 3.14. The molecule has 0 radical (unpaired) electrons. The molecule has 0 heteroatoms. The zero-order valence-corrected chi connectivity index (χ0v) is 7.81. The van der Waals surface area contributed by atoms with Gasteiger partial charge in [-0.25, -0.2) is 0 Å². The lowest BCUT2D eigenvalue weighted by Crippen LogP contribution is -2.07. The average molecular weight is 139 g/mol. The van der Waals surface area contributed by atoms with Crippen LogP contribution in [-0.2, 0) is 0 Å². The van der Waals surface area contributed by atoms with E-state index in [9.17, 15) is 0 Å². The van der Waals surface area contributed by atoms with Crippen LogP contribution < -0.4 is 0 Å². The summed E-state index contributed by atoms with van der Waals surface area (Å²) in [6, 6.07) is 0. The van der Waals surface area contributed by atoms with Gasteiger partial charge in [0.2, 0.25) is 0 Å². The minimum atomic E-state index is 0.852. The smallest absolute Gasteiger partial charge is 0.0577 e. The largest absolute Gasteiger partial charge is 0.100 e. The van der Waals surface area contributed by atoms with Crippen LogP contribution in [0.2, 0.25) is 0 Å². The first-order valence-corrected chi connectivity index (χ1v) is 4.39. The predicted molar refractivity (Wildman–Crippen MR) is 45.6 cm³/mol. The van der Waals surface area contributed by atoms with Gasteiger partial charge in [0, 0.05) is 11.8 Å². The summed E-state index contributed by atoms with van der Waals surface area (Å²) >= 11 is 0. The SMILES string of the molecule is C[C+]1C(C)C(C)C(C)C1C. The lowest BCUT2D eigenvalue weighted by atomic mass is 9.92. The van der Waals surface area contributed by atoms with Crippen LogP contribution in [0.1, 0.15) is 34.6 Å². The van der Waals surface area contributed by atoms with Gasteiger partial charge in [-0.1, -0.05) is 13.8 Å². The maximum absolute atomic E-state index is 2.38. The molecule has 1 saturated carbocycles. The molecule has 1 aliphatic rings. The highest BCUT2D eigenvalue weighted by Crippen LogP contribution is 2.46. The van der Waals surface area contributed by atoms with Crippen molar-refractivity contribution in [3.8, 4) is 0 Å². The van der Waals surface area contributed by atoms with Gasteiger partial charge in [-0.15, -0.1) is 0 Å². The summed E-state index contributed by atoms with van der Waals surface area (Å²) < 4.78 is 0. The fourth-order valence-corrected chi connectivity index (χ4v) is 2.15. The van der Waals surface area contributed by atoms with Crippen molar-refractivity contribution in [1.82, 2.24) is 0 Å². The highest BCUT2D eigenvalue weighted by Gasteiger charge is 2.47. The molecule has 0 amide bonds. The molecule has 0 spiro atoms. The van der Waals surface area contributed by atoms with Gasteiger partial charge in [0.05, 0.1) is 12.8 Å². The minimum absolute atomic E-state index is 0.852. The summed E-state index contributed by atoms with van der Waals surface area (Å²) in [6.45, 7) is 11.8. The monoisotopic (exact) mass is 139 g/mol. The Balaban J connectivity index is 2.68. The zero-order valence-electron chi connectivity index (χ0n) is 7.81. The molecule has 0 nitrogen and oxygen atoms in total. The molecule has 0 N–H and O–H groups in total. The van der Waals surface area contributed by atoms with E-state index in [0.29, 0.717) is 0 Å². The van der Waals surface area contributed by atoms with Crippen LogP contribution in [0.5, 0.6) is 0 Å². The Morgan fingerprint density at radius 2 is 1.10 bits per heavy atom. The fraction of sp³-hybridized carbons (Fsp3) is 0.900. The molecular formula is C10H19+. The first-order valence-electron chi connectivity index (χ1n) is 4.39. The summed E-state index contributed by atoms with van der Waals surface area (Å²) in [5.74, 6) is 5.21. The molecule has 0 bridgehead atoms. The molecule has 10 heavy (non-hydrogen) atoms. The van der Waals surface area contributed by atoms with Crippen LogP contribution in [-0.4, -0.2) is 0 Å². The molecule has 0 heterocycles. The van der Waals surface area contributed by atoms with E-state index < -0.39 is 0 Å². The van der Waals surface area contributed by atoms with Gasteiger partial charge in [0.25, 0.3) is 0 Å². The summed E-state index contributed by atoms with van der Waals surface area (Å²) in [5, 5.41) is 0. The minimum Gasteiger partial charge on any atom is -0.0577 e. The van der Waals surface area contributed by atoms with Crippen molar-refractivity contribution in [2.75, 3.05) is 0 Å². The summed E-state index contributed by atoms with van der Waals surface area (Å²) in [7, 11) is 0. The van der Waals surface area contributed by atoms with Gasteiger partial charge in [0.1, 0.15) is 11.8 Å². The lowest BCUT2D eigenvalue weighted by Gasteiger charge is -2.08.